The van der Waals surface area contributed by atoms with Gasteiger partial charge in [0.1, 0.15) is 0 Å². The monoisotopic (exact) mass is 261 g/mol. The number of rotatable bonds is 10. The smallest absolute Gasteiger partial charge is 0.00464 e. The first-order chi connectivity index (χ1) is 9.26. The third-order valence-electron chi connectivity index (χ3n) is 3.73. The lowest BCUT2D eigenvalue weighted by atomic mass is 9.97. The van der Waals surface area contributed by atoms with E-state index in [9.17, 15) is 0 Å². The Bertz CT molecular complexity index is 315. The first-order valence-electron chi connectivity index (χ1n) is 8.04. The molecular weight excluding hydrogens is 230 g/mol. The van der Waals surface area contributed by atoms with Crippen molar-refractivity contribution in [2.24, 2.45) is 5.92 Å². The van der Waals surface area contributed by atoms with Gasteiger partial charge in [-0.3, -0.25) is 0 Å². The van der Waals surface area contributed by atoms with Gasteiger partial charge in [0.15, 0.2) is 0 Å². The number of hydrogen-bond acceptors (Lipinski definition) is 1. The summed E-state index contributed by atoms with van der Waals surface area (Å²) in [5, 5.41) is 3.49. The van der Waals surface area contributed by atoms with Crippen molar-refractivity contribution < 1.29 is 0 Å². The molecule has 0 saturated heterocycles. The number of aryl methyl sites for hydroxylation is 2. The van der Waals surface area contributed by atoms with Crippen molar-refractivity contribution in [1.82, 2.24) is 5.32 Å². The van der Waals surface area contributed by atoms with Crippen molar-refractivity contribution in [2.45, 2.75) is 59.3 Å². The summed E-state index contributed by atoms with van der Waals surface area (Å²) in [6.45, 7) is 9.16. The van der Waals surface area contributed by atoms with Crippen molar-refractivity contribution in [3.63, 3.8) is 0 Å². The summed E-state index contributed by atoms with van der Waals surface area (Å²) in [6.07, 6.45) is 7.51. The van der Waals surface area contributed by atoms with Gasteiger partial charge in [-0.1, -0.05) is 51.5 Å². The van der Waals surface area contributed by atoms with Crippen molar-refractivity contribution in [3.05, 3.63) is 35.4 Å². The molecule has 0 aromatic heterocycles. The molecule has 0 aliphatic carbocycles. The highest BCUT2D eigenvalue weighted by Gasteiger charge is 2.02. The largest absolute Gasteiger partial charge is 0.317 e. The molecule has 1 nitrogen and oxygen atoms in total. The summed E-state index contributed by atoms with van der Waals surface area (Å²) in [5.74, 6) is 0.819. The fourth-order valence-electron chi connectivity index (χ4n) is 2.37. The van der Waals surface area contributed by atoms with Gasteiger partial charge < -0.3 is 5.32 Å². The first-order valence-corrected chi connectivity index (χ1v) is 8.04. The molecule has 0 spiro atoms. The quantitative estimate of drug-likeness (QED) is 0.607. The van der Waals surface area contributed by atoms with E-state index in [2.05, 4.69) is 50.4 Å². The van der Waals surface area contributed by atoms with Crippen LogP contribution in [0.3, 0.4) is 0 Å². The molecule has 0 amide bonds. The number of benzene rings is 1. The number of hydrogen-bond donors (Lipinski definition) is 1. The fourth-order valence-corrected chi connectivity index (χ4v) is 2.37. The van der Waals surface area contributed by atoms with E-state index in [4.69, 9.17) is 0 Å². The van der Waals surface area contributed by atoms with Gasteiger partial charge in [0, 0.05) is 0 Å². The van der Waals surface area contributed by atoms with Gasteiger partial charge in [-0.05, 0) is 62.2 Å². The maximum Gasteiger partial charge on any atom is -0.00464 e. The molecule has 0 aliphatic heterocycles. The van der Waals surface area contributed by atoms with E-state index in [0.717, 1.165) is 12.5 Å². The van der Waals surface area contributed by atoms with Crippen LogP contribution in [0.1, 0.15) is 57.6 Å². The third-order valence-corrected chi connectivity index (χ3v) is 3.73. The third kappa shape index (κ3) is 7.37. The topological polar surface area (TPSA) is 12.0 Å². The summed E-state index contributed by atoms with van der Waals surface area (Å²) in [4.78, 5) is 0. The SMILES string of the molecule is CCCNCCC(C)CCc1ccc(CCC)cc1. The van der Waals surface area contributed by atoms with Crippen molar-refractivity contribution in [1.29, 1.82) is 0 Å². The molecule has 1 heteroatoms. The minimum atomic E-state index is 0.819. The molecule has 1 N–H and O–H groups in total. The molecule has 1 aromatic rings. The fraction of sp³-hybridized carbons (Fsp3) is 0.667. The Balaban J connectivity index is 2.20. The molecule has 0 saturated carbocycles. The zero-order valence-corrected chi connectivity index (χ0v) is 13.0. The normalized spacial score (nSPS) is 12.6. The van der Waals surface area contributed by atoms with E-state index < -0.39 is 0 Å². The van der Waals surface area contributed by atoms with Crippen LogP contribution in [-0.2, 0) is 12.8 Å². The van der Waals surface area contributed by atoms with Gasteiger partial charge in [-0.15, -0.1) is 0 Å². The average Bonchev–Trinajstić information content (AvgIpc) is 2.43. The standard InChI is InChI=1S/C18H31N/c1-4-6-17-9-11-18(12-10-17)8-7-16(3)13-15-19-14-5-2/h9-12,16,19H,4-8,13-15H2,1-3H3. The Morgan fingerprint density at radius 3 is 2.05 bits per heavy atom. The van der Waals surface area contributed by atoms with Crippen LogP contribution in [0.15, 0.2) is 24.3 Å². The van der Waals surface area contributed by atoms with E-state index in [1.807, 2.05) is 0 Å². The Labute approximate surface area is 119 Å². The molecule has 1 unspecified atom stereocenters. The van der Waals surface area contributed by atoms with Gasteiger partial charge in [-0.2, -0.15) is 0 Å². The highest BCUT2D eigenvalue weighted by Crippen LogP contribution is 2.13. The Morgan fingerprint density at radius 1 is 0.842 bits per heavy atom. The van der Waals surface area contributed by atoms with Crippen LogP contribution in [-0.4, -0.2) is 13.1 Å². The second-order valence-electron chi connectivity index (χ2n) is 5.75. The van der Waals surface area contributed by atoms with Crippen LogP contribution in [0.5, 0.6) is 0 Å². The van der Waals surface area contributed by atoms with Crippen LogP contribution < -0.4 is 5.32 Å². The Morgan fingerprint density at radius 2 is 1.47 bits per heavy atom. The summed E-state index contributed by atoms with van der Waals surface area (Å²) in [7, 11) is 0. The molecule has 108 valence electrons. The molecule has 1 aromatic carbocycles. The second-order valence-corrected chi connectivity index (χ2v) is 5.75. The Kier molecular flexibility index (Phi) is 8.57. The molecule has 0 radical (unpaired) electrons. The Hall–Kier alpha value is -0.820. The molecule has 0 aliphatic rings. The first kappa shape index (κ1) is 16.2. The van der Waals surface area contributed by atoms with Gasteiger partial charge in [-0.25, -0.2) is 0 Å². The molecule has 1 atom stereocenters. The van der Waals surface area contributed by atoms with E-state index in [1.165, 1.54) is 56.2 Å². The van der Waals surface area contributed by atoms with E-state index in [-0.39, 0.29) is 0 Å². The van der Waals surface area contributed by atoms with Crippen LogP contribution in [0.4, 0.5) is 0 Å². The van der Waals surface area contributed by atoms with Crippen molar-refractivity contribution in [2.75, 3.05) is 13.1 Å². The number of nitrogens with one attached hydrogen (secondary N) is 1. The summed E-state index contributed by atoms with van der Waals surface area (Å²) >= 11 is 0. The predicted octanol–water partition coefficient (Wildman–Crippen LogP) is 4.60. The highest BCUT2D eigenvalue weighted by atomic mass is 14.8. The summed E-state index contributed by atoms with van der Waals surface area (Å²) in [6, 6.07) is 9.22. The van der Waals surface area contributed by atoms with Crippen molar-refractivity contribution in [3.8, 4) is 0 Å². The zero-order chi connectivity index (χ0) is 13.9. The van der Waals surface area contributed by atoms with Crippen molar-refractivity contribution >= 4 is 0 Å². The molecule has 0 heterocycles. The lowest BCUT2D eigenvalue weighted by Crippen LogP contribution is -2.18. The average molecular weight is 261 g/mol. The lowest BCUT2D eigenvalue weighted by molar-refractivity contribution is 0.470. The summed E-state index contributed by atoms with van der Waals surface area (Å²) < 4.78 is 0. The lowest BCUT2D eigenvalue weighted by Gasteiger charge is -2.12. The highest BCUT2D eigenvalue weighted by molar-refractivity contribution is 5.22. The summed E-state index contributed by atoms with van der Waals surface area (Å²) in [5.41, 5.74) is 2.97. The minimum Gasteiger partial charge on any atom is -0.317 e. The van der Waals surface area contributed by atoms with Crippen LogP contribution in [0.2, 0.25) is 0 Å². The molecule has 0 fully saturated rings. The zero-order valence-electron chi connectivity index (χ0n) is 13.0. The maximum absolute atomic E-state index is 3.49. The van der Waals surface area contributed by atoms with E-state index in [1.54, 1.807) is 0 Å². The minimum absolute atomic E-state index is 0.819. The molecule has 19 heavy (non-hydrogen) atoms. The predicted molar refractivity (Wildman–Crippen MR) is 85.7 cm³/mol. The van der Waals surface area contributed by atoms with Gasteiger partial charge in [0.25, 0.3) is 0 Å². The molecule has 0 bridgehead atoms. The van der Waals surface area contributed by atoms with E-state index >= 15 is 0 Å². The second kappa shape index (κ2) is 10.0. The van der Waals surface area contributed by atoms with E-state index in [0.29, 0.717) is 0 Å². The molecule has 1 rings (SSSR count). The van der Waals surface area contributed by atoms with Crippen LogP contribution >= 0.6 is 0 Å². The molecular formula is C18H31N. The maximum atomic E-state index is 3.49. The van der Waals surface area contributed by atoms with Gasteiger partial charge >= 0.3 is 0 Å². The van der Waals surface area contributed by atoms with Gasteiger partial charge in [0.2, 0.25) is 0 Å². The van der Waals surface area contributed by atoms with Crippen LogP contribution in [0.25, 0.3) is 0 Å². The van der Waals surface area contributed by atoms with Crippen LogP contribution in [0, 0.1) is 5.92 Å². The van der Waals surface area contributed by atoms with Gasteiger partial charge in [0.05, 0.1) is 0 Å².